The van der Waals surface area contributed by atoms with Crippen LogP contribution in [-0.4, -0.2) is 136 Å². The maximum Gasteiger partial charge on any atom is 0.409 e. The molecule has 3 N–H and O–H groups in total. The number of hydrogen-bond donors (Lipinski definition) is 3. The molecular formula is C31H38F3N7O9. The Balaban J connectivity index is 1.50. The fraction of sp³-hybridized carbons (Fsp3) is 0.516. The van der Waals surface area contributed by atoms with Gasteiger partial charge in [0.25, 0.3) is 18.2 Å². The highest BCUT2D eigenvalue weighted by Crippen LogP contribution is 2.23. The number of rotatable bonds is 14. The first-order valence-corrected chi connectivity index (χ1v) is 15.9. The molecule has 50 heavy (non-hydrogen) atoms. The van der Waals surface area contributed by atoms with E-state index in [1.807, 2.05) is 0 Å². The fourth-order valence-corrected chi connectivity index (χ4v) is 5.52. The van der Waals surface area contributed by atoms with Crippen LogP contribution in [0.2, 0.25) is 0 Å². The highest BCUT2D eigenvalue weighted by Gasteiger charge is 2.35. The monoisotopic (exact) mass is 709 g/mol. The van der Waals surface area contributed by atoms with Gasteiger partial charge in [-0.15, -0.1) is 0 Å². The van der Waals surface area contributed by atoms with E-state index in [1.165, 1.54) is 32.9 Å². The van der Waals surface area contributed by atoms with Gasteiger partial charge in [0, 0.05) is 45.2 Å². The molecule has 0 spiro atoms. The number of aromatic nitrogens is 2. The lowest BCUT2D eigenvalue weighted by atomic mass is 10.1. The highest BCUT2D eigenvalue weighted by molar-refractivity contribution is 5.96. The van der Waals surface area contributed by atoms with Gasteiger partial charge >= 0.3 is 12.1 Å². The van der Waals surface area contributed by atoms with Crippen molar-refractivity contribution in [2.24, 2.45) is 0 Å². The fourth-order valence-electron chi connectivity index (χ4n) is 5.52. The molecule has 272 valence electrons. The first-order valence-electron chi connectivity index (χ1n) is 15.9. The third-order valence-corrected chi connectivity index (χ3v) is 7.98. The van der Waals surface area contributed by atoms with Crippen LogP contribution < -0.4 is 15.4 Å². The number of halogens is 3. The van der Waals surface area contributed by atoms with E-state index in [2.05, 4.69) is 15.7 Å². The van der Waals surface area contributed by atoms with Gasteiger partial charge in [-0.3, -0.25) is 24.0 Å². The van der Waals surface area contributed by atoms with Gasteiger partial charge in [-0.1, -0.05) is 6.07 Å². The average Bonchev–Trinajstić information content (AvgIpc) is 3.76. The summed E-state index contributed by atoms with van der Waals surface area (Å²) in [6.07, 6.45) is -3.29. The van der Waals surface area contributed by atoms with Crippen molar-refractivity contribution in [2.75, 3.05) is 52.5 Å². The molecule has 2 aliphatic heterocycles. The maximum absolute atomic E-state index is 14.2. The Kier molecular flexibility index (Phi) is 13.0. The molecule has 0 saturated carbocycles. The number of hydrogen-bond acceptors (Lipinski definition) is 9. The lowest BCUT2D eigenvalue weighted by Gasteiger charge is -2.35. The number of carboxylic acids is 1. The highest BCUT2D eigenvalue weighted by atomic mass is 19.3. The minimum atomic E-state index is -2.76. The first kappa shape index (κ1) is 37.5. The number of carbonyl (C=O) groups is 6. The van der Waals surface area contributed by atoms with Gasteiger partial charge < -0.3 is 39.9 Å². The summed E-state index contributed by atoms with van der Waals surface area (Å²) in [6.45, 7) is 1.07. The Bertz CT molecular complexity index is 1570. The molecule has 16 nitrogen and oxygen atoms in total. The molecule has 2 atom stereocenters. The molecule has 5 amide bonds. The Hall–Kier alpha value is -5.36. The van der Waals surface area contributed by atoms with Gasteiger partial charge in [-0.2, -0.15) is 5.10 Å². The molecule has 2 fully saturated rings. The summed E-state index contributed by atoms with van der Waals surface area (Å²) in [4.78, 5) is 79.9. The van der Waals surface area contributed by atoms with E-state index >= 15 is 0 Å². The number of amides is 5. The largest absolute Gasteiger partial charge is 0.481 e. The molecular weight excluding hydrogens is 671 g/mol. The van der Waals surface area contributed by atoms with Crippen LogP contribution in [0.5, 0.6) is 5.88 Å². The van der Waals surface area contributed by atoms with Gasteiger partial charge in [0.05, 0.1) is 18.8 Å². The average molecular weight is 710 g/mol. The van der Waals surface area contributed by atoms with Gasteiger partial charge in [0.2, 0.25) is 17.7 Å². The first-order chi connectivity index (χ1) is 23.9. The Morgan fingerprint density at radius 2 is 1.76 bits per heavy atom. The van der Waals surface area contributed by atoms with Gasteiger partial charge in [-0.05, 0) is 44.4 Å². The van der Waals surface area contributed by atoms with E-state index in [1.54, 1.807) is 6.92 Å². The van der Waals surface area contributed by atoms with Gasteiger partial charge in [0.15, 0.2) is 12.3 Å². The van der Waals surface area contributed by atoms with Crippen LogP contribution in [-0.2, 0) is 23.9 Å². The standard InChI is InChI=1S/C31H38F3N7O9/c1-2-49-31(48)39-13-11-38(12-14-39)30(47)21(8-9-27(43)44)36-28(45)22-16-26(41(37-22)20-6-3-5-19(32)15-20)50-18-25(42)40-10-4-7-23(40)29(46)35-17-24(33)34/h3,5-6,15-16,21,23-24H,2,4,7-14,17-18H2,1H3,(H,35,46)(H,36,45)(H,43,44)/t21-,23-/m0/s1. The molecule has 2 aliphatic rings. The summed E-state index contributed by atoms with van der Waals surface area (Å²) in [5.74, 6) is -4.90. The van der Waals surface area contributed by atoms with Crippen molar-refractivity contribution in [1.29, 1.82) is 0 Å². The van der Waals surface area contributed by atoms with Crippen molar-refractivity contribution in [3.63, 3.8) is 0 Å². The number of aliphatic carboxylic acids is 1. The third-order valence-electron chi connectivity index (χ3n) is 7.98. The van der Waals surface area contributed by atoms with Crippen LogP contribution in [0.15, 0.2) is 30.3 Å². The molecule has 0 radical (unpaired) electrons. The van der Waals surface area contributed by atoms with Crippen LogP contribution in [0.4, 0.5) is 18.0 Å². The van der Waals surface area contributed by atoms with Crippen LogP contribution >= 0.6 is 0 Å². The van der Waals surface area contributed by atoms with Crippen molar-refractivity contribution in [3.05, 3.63) is 41.8 Å². The molecule has 4 rings (SSSR count). The zero-order chi connectivity index (χ0) is 36.4. The smallest absolute Gasteiger partial charge is 0.409 e. The quantitative estimate of drug-likeness (QED) is 0.255. The number of likely N-dealkylation sites (tertiary alicyclic amines) is 1. The number of carbonyl (C=O) groups excluding carboxylic acids is 5. The van der Waals surface area contributed by atoms with Crippen LogP contribution in [0.3, 0.4) is 0 Å². The number of piperazine rings is 1. The second-order valence-corrected chi connectivity index (χ2v) is 11.4. The molecule has 2 saturated heterocycles. The second-order valence-electron chi connectivity index (χ2n) is 11.4. The molecule has 0 aliphatic carbocycles. The van der Waals surface area contributed by atoms with Crippen molar-refractivity contribution in [3.8, 4) is 11.6 Å². The predicted molar refractivity (Wildman–Crippen MR) is 166 cm³/mol. The lowest BCUT2D eigenvalue weighted by Crippen LogP contribution is -2.56. The SMILES string of the molecule is CCOC(=O)N1CCN(C(=O)[C@H](CCC(=O)O)NC(=O)c2cc(OCC(=O)N3CCC[C@H]3C(=O)NCC(F)F)n(-c3cccc(F)c3)n2)CC1. The zero-order valence-electron chi connectivity index (χ0n) is 27.2. The van der Waals surface area contributed by atoms with Crippen LogP contribution in [0, 0.1) is 5.82 Å². The summed E-state index contributed by atoms with van der Waals surface area (Å²) < 4.78 is 51.1. The minimum Gasteiger partial charge on any atom is -0.481 e. The summed E-state index contributed by atoms with van der Waals surface area (Å²) in [5, 5.41) is 18.1. The summed E-state index contributed by atoms with van der Waals surface area (Å²) in [6, 6.07) is 3.95. The number of nitrogens with zero attached hydrogens (tertiary/aromatic N) is 5. The topological polar surface area (TPSA) is 193 Å². The predicted octanol–water partition coefficient (Wildman–Crippen LogP) is 1.03. The molecule has 3 heterocycles. The third kappa shape index (κ3) is 9.85. The summed E-state index contributed by atoms with van der Waals surface area (Å²) in [5.41, 5.74) is -0.211. The van der Waals surface area contributed by atoms with Gasteiger partial charge in [-0.25, -0.2) is 22.6 Å². The van der Waals surface area contributed by atoms with E-state index in [0.717, 1.165) is 16.8 Å². The summed E-state index contributed by atoms with van der Waals surface area (Å²) in [7, 11) is 0. The van der Waals surface area contributed by atoms with Crippen LogP contribution in [0.1, 0.15) is 43.1 Å². The number of alkyl halides is 2. The zero-order valence-corrected chi connectivity index (χ0v) is 27.2. The molecule has 2 aromatic rings. The van der Waals surface area contributed by atoms with E-state index in [-0.39, 0.29) is 69.4 Å². The van der Waals surface area contributed by atoms with E-state index in [0.29, 0.717) is 6.42 Å². The van der Waals surface area contributed by atoms with Gasteiger partial charge in [0.1, 0.15) is 17.9 Å². The van der Waals surface area contributed by atoms with E-state index in [4.69, 9.17) is 9.47 Å². The molecule has 19 heteroatoms. The van der Waals surface area contributed by atoms with Crippen molar-refractivity contribution in [1.82, 2.24) is 35.1 Å². The number of benzene rings is 1. The van der Waals surface area contributed by atoms with E-state index in [9.17, 15) is 47.0 Å². The summed E-state index contributed by atoms with van der Waals surface area (Å²) >= 11 is 0. The Morgan fingerprint density at radius 3 is 2.42 bits per heavy atom. The molecule has 1 aromatic heterocycles. The lowest BCUT2D eigenvalue weighted by molar-refractivity contribution is -0.140. The van der Waals surface area contributed by atoms with Crippen molar-refractivity contribution in [2.45, 2.75) is 51.1 Å². The minimum absolute atomic E-state index is 0.106. The van der Waals surface area contributed by atoms with E-state index < -0.39 is 79.6 Å². The number of ether oxygens (including phenoxy) is 2. The normalized spacial score (nSPS) is 16.6. The van der Waals surface area contributed by atoms with Crippen LogP contribution in [0.25, 0.3) is 5.69 Å². The maximum atomic E-state index is 14.2. The molecule has 0 unspecified atom stereocenters. The Labute approximate surface area is 284 Å². The molecule has 0 bridgehead atoms. The van der Waals surface area contributed by atoms with Crippen molar-refractivity contribution >= 4 is 35.7 Å². The number of carboxylic acid groups (broad SMARTS) is 1. The molecule has 1 aromatic carbocycles. The second kappa shape index (κ2) is 17.3. The van der Waals surface area contributed by atoms with Crippen molar-refractivity contribution < 1.29 is 56.5 Å². The number of nitrogens with one attached hydrogen (secondary N) is 2. The Morgan fingerprint density at radius 1 is 1.04 bits per heavy atom.